The zero-order chi connectivity index (χ0) is 26.6. The molecular weight excluding hydrogens is 484 g/mol. The number of nitrogens with one attached hydrogen (secondary N) is 1. The lowest BCUT2D eigenvalue weighted by molar-refractivity contribution is -0.129. The maximum Gasteiger partial charge on any atom is 0.289 e. The molecule has 1 N–H and O–H groups in total. The van der Waals surface area contributed by atoms with E-state index in [1.807, 2.05) is 41.3 Å². The molecule has 198 valence electrons. The van der Waals surface area contributed by atoms with E-state index in [1.54, 1.807) is 22.8 Å². The molecule has 3 aromatic rings. The zero-order valence-electron chi connectivity index (χ0n) is 21.6. The number of likely N-dealkylation sites (tertiary alicyclic amines) is 1. The molecule has 2 fully saturated rings. The van der Waals surface area contributed by atoms with Gasteiger partial charge in [-0.15, -0.1) is 0 Å². The fraction of sp³-hybridized carbons (Fsp3) is 0.379. The van der Waals surface area contributed by atoms with Crippen LogP contribution in [-0.2, 0) is 16.1 Å². The summed E-state index contributed by atoms with van der Waals surface area (Å²) >= 11 is 0. The highest BCUT2D eigenvalue weighted by Crippen LogP contribution is 2.35. The number of benzene rings is 2. The SMILES string of the molecule is CC(=O)N1CCCCC1.O=CN1CCN(C(=O)c2cc3cccc(-c4cccc5c4CNC5=O)c3o2)CC1. The molecule has 0 atom stereocenters. The molecule has 9 heteroatoms. The minimum atomic E-state index is -0.173. The number of hydrogen-bond donors (Lipinski definition) is 1. The average Bonchev–Trinajstić information content (AvgIpc) is 3.57. The van der Waals surface area contributed by atoms with Crippen LogP contribution in [0.25, 0.3) is 22.1 Å². The van der Waals surface area contributed by atoms with Gasteiger partial charge in [0.05, 0.1) is 0 Å². The van der Waals surface area contributed by atoms with Gasteiger partial charge in [0.2, 0.25) is 12.3 Å². The predicted molar refractivity (Wildman–Crippen MR) is 142 cm³/mol. The van der Waals surface area contributed by atoms with Crippen molar-refractivity contribution in [3.63, 3.8) is 0 Å². The molecule has 6 rings (SSSR count). The van der Waals surface area contributed by atoms with Crippen LogP contribution in [0.5, 0.6) is 0 Å². The minimum absolute atomic E-state index is 0.0706. The fourth-order valence-electron chi connectivity index (χ4n) is 5.28. The number of carbonyl (C=O) groups excluding carboxylic acids is 4. The van der Waals surface area contributed by atoms with Crippen LogP contribution < -0.4 is 5.32 Å². The summed E-state index contributed by atoms with van der Waals surface area (Å²) in [6, 6.07) is 13.2. The number of carbonyl (C=O) groups is 4. The Morgan fingerprint density at radius 3 is 2.24 bits per heavy atom. The topological polar surface area (TPSA) is 103 Å². The maximum atomic E-state index is 12.9. The van der Waals surface area contributed by atoms with Crippen molar-refractivity contribution in [2.45, 2.75) is 32.7 Å². The van der Waals surface area contributed by atoms with Gasteiger partial charge < -0.3 is 24.4 Å². The van der Waals surface area contributed by atoms with Gasteiger partial charge in [-0.2, -0.15) is 0 Å². The second kappa shape index (κ2) is 11.1. The van der Waals surface area contributed by atoms with Gasteiger partial charge in [-0.1, -0.05) is 30.3 Å². The van der Waals surface area contributed by atoms with Crippen molar-refractivity contribution in [1.82, 2.24) is 20.0 Å². The molecule has 3 aliphatic rings. The first-order chi connectivity index (χ1) is 18.5. The van der Waals surface area contributed by atoms with Crippen LogP contribution in [-0.4, -0.2) is 78.1 Å². The standard InChI is InChI=1S/C22H19N3O4.C7H13NO/c26-13-24-7-9-25(10-8-24)22(28)19-11-14-3-1-5-16(20(14)29-19)15-4-2-6-17-18(15)12-23-21(17)27;1-7(9)8-5-3-2-4-6-8/h1-6,11,13H,7-10,12H2,(H,23,27);2-6H2,1H3. The Labute approximate surface area is 221 Å². The van der Waals surface area contributed by atoms with Gasteiger partial charge in [-0.25, -0.2) is 0 Å². The van der Waals surface area contributed by atoms with Crippen LogP contribution in [0.3, 0.4) is 0 Å². The van der Waals surface area contributed by atoms with Gasteiger partial charge in [0, 0.05) is 69.3 Å². The summed E-state index contributed by atoms with van der Waals surface area (Å²) < 4.78 is 6.03. The highest BCUT2D eigenvalue weighted by atomic mass is 16.3. The molecule has 3 aliphatic heterocycles. The van der Waals surface area contributed by atoms with Crippen molar-refractivity contribution in [3.8, 4) is 11.1 Å². The van der Waals surface area contributed by atoms with Gasteiger partial charge in [0.25, 0.3) is 11.8 Å². The van der Waals surface area contributed by atoms with Crippen molar-refractivity contribution in [1.29, 1.82) is 0 Å². The smallest absolute Gasteiger partial charge is 0.289 e. The molecule has 2 saturated heterocycles. The molecule has 1 aromatic heterocycles. The number of nitrogens with zero attached hydrogens (tertiary/aromatic N) is 3. The maximum absolute atomic E-state index is 12.9. The molecule has 0 unspecified atom stereocenters. The van der Waals surface area contributed by atoms with Crippen molar-refractivity contribution in [2.75, 3.05) is 39.3 Å². The van der Waals surface area contributed by atoms with Crippen molar-refractivity contribution in [3.05, 3.63) is 59.4 Å². The van der Waals surface area contributed by atoms with E-state index < -0.39 is 0 Å². The Morgan fingerprint density at radius 2 is 1.55 bits per heavy atom. The number of hydrogen-bond acceptors (Lipinski definition) is 5. The van der Waals surface area contributed by atoms with Crippen LogP contribution in [0, 0.1) is 0 Å². The number of fused-ring (bicyclic) bond motifs is 2. The number of piperazine rings is 1. The first-order valence-corrected chi connectivity index (χ1v) is 13.1. The first kappa shape index (κ1) is 25.5. The monoisotopic (exact) mass is 516 g/mol. The lowest BCUT2D eigenvalue weighted by Gasteiger charge is -2.31. The van der Waals surface area contributed by atoms with Crippen molar-refractivity contribution >= 4 is 35.1 Å². The molecule has 4 amide bonds. The molecule has 4 heterocycles. The third-order valence-electron chi connectivity index (χ3n) is 7.44. The second-order valence-corrected chi connectivity index (χ2v) is 9.85. The molecule has 2 aromatic carbocycles. The Hall–Kier alpha value is -4.14. The summed E-state index contributed by atoms with van der Waals surface area (Å²) in [7, 11) is 0. The fourth-order valence-corrected chi connectivity index (χ4v) is 5.28. The van der Waals surface area contributed by atoms with Crippen LogP contribution in [0.4, 0.5) is 0 Å². The van der Waals surface area contributed by atoms with Crippen molar-refractivity contribution in [2.24, 2.45) is 0 Å². The van der Waals surface area contributed by atoms with Crippen LogP contribution in [0.15, 0.2) is 46.9 Å². The molecule has 0 spiro atoms. The number of rotatable bonds is 3. The highest BCUT2D eigenvalue weighted by Gasteiger charge is 2.26. The minimum Gasteiger partial charge on any atom is -0.450 e. The van der Waals surface area contributed by atoms with Gasteiger partial charge in [0.15, 0.2) is 5.76 Å². The van der Waals surface area contributed by atoms with Crippen LogP contribution >= 0.6 is 0 Å². The third-order valence-corrected chi connectivity index (χ3v) is 7.44. The van der Waals surface area contributed by atoms with Crippen LogP contribution in [0.1, 0.15) is 52.7 Å². The van der Waals surface area contributed by atoms with E-state index in [0.717, 1.165) is 41.6 Å². The predicted octanol–water partition coefficient (Wildman–Crippen LogP) is 3.28. The van der Waals surface area contributed by atoms with Crippen molar-refractivity contribution < 1.29 is 23.6 Å². The molecule has 38 heavy (non-hydrogen) atoms. The summed E-state index contributed by atoms with van der Waals surface area (Å²) in [4.78, 5) is 51.8. The number of furan rings is 1. The summed E-state index contributed by atoms with van der Waals surface area (Å²) in [5.74, 6) is 0.273. The van der Waals surface area contributed by atoms with E-state index in [9.17, 15) is 19.2 Å². The number of amides is 4. The van der Waals surface area contributed by atoms with E-state index in [2.05, 4.69) is 5.32 Å². The van der Waals surface area contributed by atoms with Gasteiger partial charge in [0.1, 0.15) is 5.58 Å². The van der Waals surface area contributed by atoms with Gasteiger partial charge in [-0.05, 0) is 42.5 Å². The lowest BCUT2D eigenvalue weighted by atomic mass is 9.96. The Bertz CT molecular complexity index is 1370. The van der Waals surface area contributed by atoms with E-state index in [1.165, 1.54) is 19.3 Å². The average molecular weight is 517 g/mol. The second-order valence-electron chi connectivity index (χ2n) is 9.85. The Kier molecular flexibility index (Phi) is 7.44. The normalized spacial score (nSPS) is 17.0. The Morgan fingerprint density at radius 1 is 0.868 bits per heavy atom. The molecular formula is C29H32N4O5. The molecule has 0 radical (unpaired) electrons. The van der Waals surface area contributed by atoms with E-state index >= 15 is 0 Å². The summed E-state index contributed by atoms with van der Waals surface area (Å²) in [5, 5.41) is 3.70. The van der Waals surface area contributed by atoms with Gasteiger partial charge in [-0.3, -0.25) is 19.2 Å². The van der Waals surface area contributed by atoms with E-state index in [0.29, 0.717) is 43.9 Å². The highest BCUT2D eigenvalue weighted by molar-refractivity contribution is 6.04. The summed E-state index contributed by atoms with van der Waals surface area (Å²) in [5.41, 5.74) is 4.05. The summed E-state index contributed by atoms with van der Waals surface area (Å²) in [6.45, 7) is 6.11. The first-order valence-electron chi connectivity index (χ1n) is 13.1. The lowest BCUT2D eigenvalue weighted by Crippen LogP contribution is -2.48. The van der Waals surface area contributed by atoms with E-state index in [4.69, 9.17) is 4.42 Å². The molecule has 0 bridgehead atoms. The zero-order valence-corrected chi connectivity index (χ0v) is 21.6. The third kappa shape index (κ3) is 5.14. The quantitative estimate of drug-likeness (QED) is 0.539. The molecule has 0 aliphatic carbocycles. The van der Waals surface area contributed by atoms with Gasteiger partial charge >= 0.3 is 0 Å². The molecule has 9 nitrogen and oxygen atoms in total. The Balaban J connectivity index is 0.000000278. The largest absolute Gasteiger partial charge is 0.450 e. The van der Waals surface area contributed by atoms with E-state index in [-0.39, 0.29) is 23.5 Å². The number of piperidine rings is 1. The molecule has 0 saturated carbocycles. The van der Waals surface area contributed by atoms with Crippen LogP contribution in [0.2, 0.25) is 0 Å². The number of para-hydroxylation sites is 1. The summed E-state index contributed by atoms with van der Waals surface area (Å²) in [6.07, 6.45) is 4.50.